The first-order valence-electron chi connectivity index (χ1n) is 6.43. The van der Waals surface area contributed by atoms with E-state index in [1.165, 1.54) is 0 Å². The molecule has 0 aliphatic heterocycles. The highest BCUT2D eigenvalue weighted by molar-refractivity contribution is 5.73. The van der Waals surface area contributed by atoms with Crippen molar-refractivity contribution in [3.63, 3.8) is 0 Å². The van der Waals surface area contributed by atoms with Gasteiger partial charge in [-0.1, -0.05) is 18.2 Å². The number of anilines is 1. The largest absolute Gasteiger partial charge is 0.463 e. The molecule has 4 nitrogen and oxygen atoms in total. The van der Waals surface area contributed by atoms with E-state index < -0.39 is 0 Å². The summed E-state index contributed by atoms with van der Waals surface area (Å²) in [4.78, 5) is 11.6. The number of ether oxygens (including phenoxy) is 2. The normalized spacial score (nSPS) is 9.95. The van der Waals surface area contributed by atoms with E-state index in [0.29, 0.717) is 26.4 Å². The first kappa shape index (κ1) is 15.2. The van der Waals surface area contributed by atoms with Gasteiger partial charge in [0.2, 0.25) is 0 Å². The SMILES string of the molecule is C=CCNc1cccc(CC(=O)OCCOCC)c1. The molecule has 4 heteroatoms. The van der Waals surface area contributed by atoms with Crippen LogP contribution in [0.5, 0.6) is 0 Å². The van der Waals surface area contributed by atoms with Crippen molar-refractivity contribution >= 4 is 11.7 Å². The number of carbonyl (C=O) groups is 1. The van der Waals surface area contributed by atoms with Gasteiger partial charge in [0.25, 0.3) is 0 Å². The summed E-state index contributed by atoms with van der Waals surface area (Å²) in [6, 6.07) is 7.71. The predicted molar refractivity (Wildman–Crippen MR) is 76.3 cm³/mol. The van der Waals surface area contributed by atoms with Crippen LogP contribution in [-0.4, -0.2) is 32.3 Å². The van der Waals surface area contributed by atoms with Gasteiger partial charge in [0.1, 0.15) is 6.61 Å². The zero-order chi connectivity index (χ0) is 13.9. The lowest BCUT2D eigenvalue weighted by molar-refractivity contribution is -0.144. The summed E-state index contributed by atoms with van der Waals surface area (Å²) in [5, 5.41) is 3.18. The fourth-order valence-electron chi connectivity index (χ4n) is 1.56. The Bertz CT molecular complexity index is 404. The van der Waals surface area contributed by atoms with Crippen molar-refractivity contribution in [2.24, 2.45) is 0 Å². The fraction of sp³-hybridized carbons (Fsp3) is 0.400. The molecule has 0 aliphatic carbocycles. The Balaban J connectivity index is 2.38. The number of nitrogens with one attached hydrogen (secondary N) is 1. The maximum absolute atomic E-state index is 11.6. The molecule has 0 radical (unpaired) electrons. The third kappa shape index (κ3) is 6.62. The van der Waals surface area contributed by atoms with Gasteiger partial charge in [-0.25, -0.2) is 0 Å². The standard InChI is InChI=1S/C15H21NO3/c1-3-8-16-14-7-5-6-13(11-14)12-15(17)19-10-9-18-4-2/h3,5-7,11,16H,1,4,8-10,12H2,2H3. The topological polar surface area (TPSA) is 47.6 Å². The van der Waals surface area contributed by atoms with Gasteiger partial charge >= 0.3 is 5.97 Å². The maximum atomic E-state index is 11.6. The summed E-state index contributed by atoms with van der Waals surface area (Å²) in [5.74, 6) is -0.236. The lowest BCUT2D eigenvalue weighted by atomic mass is 10.1. The summed E-state index contributed by atoms with van der Waals surface area (Å²) in [6.45, 7) is 7.64. The molecule has 0 saturated carbocycles. The molecule has 0 unspecified atom stereocenters. The lowest BCUT2D eigenvalue weighted by Gasteiger charge is -2.07. The molecule has 1 aromatic carbocycles. The Labute approximate surface area is 114 Å². The minimum atomic E-state index is -0.236. The quantitative estimate of drug-likeness (QED) is 0.422. The smallest absolute Gasteiger partial charge is 0.310 e. The monoisotopic (exact) mass is 263 g/mol. The van der Waals surface area contributed by atoms with Crippen LogP contribution >= 0.6 is 0 Å². The molecule has 1 aromatic rings. The number of benzene rings is 1. The third-order valence-electron chi connectivity index (χ3n) is 2.42. The second-order valence-corrected chi connectivity index (χ2v) is 3.96. The second kappa shape index (κ2) is 9.16. The molecule has 0 spiro atoms. The Hall–Kier alpha value is -1.81. The van der Waals surface area contributed by atoms with Crippen molar-refractivity contribution < 1.29 is 14.3 Å². The third-order valence-corrected chi connectivity index (χ3v) is 2.42. The van der Waals surface area contributed by atoms with Crippen LogP contribution in [0.15, 0.2) is 36.9 Å². The molecule has 19 heavy (non-hydrogen) atoms. The van der Waals surface area contributed by atoms with Gasteiger partial charge in [0.05, 0.1) is 13.0 Å². The van der Waals surface area contributed by atoms with E-state index in [2.05, 4.69) is 11.9 Å². The summed E-state index contributed by atoms with van der Waals surface area (Å²) >= 11 is 0. The highest BCUT2D eigenvalue weighted by Gasteiger charge is 2.05. The van der Waals surface area contributed by atoms with Gasteiger partial charge in [0.15, 0.2) is 0 Å². The molecule has 0 aliphatic rings. The molecule has 0 amide bonds. The highest BCUT2D eigenvalue weighted by Crippen LogP contribution is 2.11. The zero-order valence-corrected chi connectivity index (χ0v) is 11.4. The van der Waals surface area contributed by atoms with Crippen LogP contribution in [0.4, 0.5) is 5.69 Å². The minimum absolute atomic E-state index is 0.236. The van der Waals surface area contributed by atoms with Gasteiger partial charge in [0, 0.05) is 18.8 Å². The van der Waals surface area contributed by atoms with E-state index in [1.807, 2.05) is 31.2 Å². The Kier molecular flexibility index (Phi) is 7.35. The Morgan fingerprint density at radius 3 is 3.00 bits per heavy atom. The minimum Gasteiger partial charge on any atom is -0.463 e. The maximum Gasteiger partial charge on any atom is 0.310 e. The van der Waals surface area contributed by atoms with Gasteiger partial charge in [-0.3, -0.25) is 4.79 Å². The molecule has 0 saturated heterocycles. The Morgan fingerprint density at radius 1 is 1.42 bits per heavy atom. The number of carbonyl (C=O) groups excluding carboxylic acids is 1. The second-order valence-electron chi connectivity index (χ2n) is 3.96. The van der Waals surface area contributed by atoms with Gasteiger partial charge in [-0.2, -0.15) is 0 Å². The first-order chi connectivity index (χ1) is 9.26. The van der Waals surface area contributed by atoms with Crippen molar-refractivity contribution in [2.75, 3.05) is 31.7 Å². The average Bonchev–Trinajstić information content (AvgIpc) is 2.42. The number of rotatable bonds is 9. The molecular weight excluding hydrogens is 242 g/mol. The molecule has 0 heterocycles. The summed E-state index contributed by atoms with van der Waals surface area (Å²) < 4.78 is 10.2. The van der Waals surface area contributed by atoms with Gasteiger partial charge < -0.3 is 14.8 Å². The number of esters is 1. The van der Waals surface area contributed by atoms with Crippen molar-refractivity contribution in [1.82, 2.24) is 0 Å². The van der Waals surface area contributed by atoms with Crippen molar-refractivity contribution in [3.05, 3.63) is 42.5 Å². The lowest BCUT2D eigenvalue weighted by Crippen LogP contribution is -2.12. The van der Waals surface area contributed by atoms with E-state index in [0.717, 1.165) is 11.3 Å². The molecule has 104 valence electrons. The van der Waals surface area contributed by atoms with E-state index >= 15 is 0 Å². The molecule has 0 atom stereocenters. The van der Waals surface area contributed by atoms with Crippen LogP contribution in [0.2, 0.25) is 0 Å². The number of hydrogen-bond donors (Lipinski definition) is 1. The molecule has 0 bridgehead atoms. The Morgan fingerprint density at radius 2 is 2.26 bits per heavy atom. The summed E-state index contributed by atoms with van der Waals surface area (Å²) in [5.41, 5.74) is 1.90. The molecule has 1 rings (SSSR count). The van der Waals surface area contributed by atoms with Gasteiger partial charge in [-0.15, -0.1) is 6.58 Å². The summed E-state index contributed by atoms with van der Waals surface area (Å²) in [7, 11) is 0. The van der Waals surface area contributed by atoms with Crippen LogP contribution in [-0.2, 0) is 20.7 Å². The summed E-state index contributed by atoms with van der Waals surface area (Å²) in [6.07, 6.45) is 2.06. The van der Waals surface area contributed by atoms with Crippen molar-refractivity contribution in [1.29, 1.82) is 0 Å². The molecule has 1 N–H and O–H groups in total. The zero-order valence-electron chi connectivity index (χ0n) is 11.4. The fourth-order valence-corrected chi connectivity index (χ4v) is 1.56. The van der Waals surface area contributed by atoms with Crippen molar-refractivity contribution in [2.45, 2.75) is 13.3 Å². The van der Waals surface area contributed by atoms with E-state index in [-0.39, 0.29) is 12.4 Å². The van der Waals surface area contributed by atoms with Crippen LogP contribution in [0.25, 0.3) is 0 Å². The van der Waals surface area contributed by atoms with Crippen LogP contribution in [0.1, 0.15) is 12.5 Å². The van der Waals surface area contributed by atoms with Crippen LogP contribution in [0, 0.1) is 0 Å². The van der Waals surface area contributed by atoms with E-state index in [4.69, 9.17) is 9.47 Å². The van der Waals surface area contributed by atoms with E-state index in [9.17, 15) is 4.79 Å². The molecule has 0 fully saturated rings. The molecular formula is C15H21NO3. The first-order valence-corrected chi connectivity index (χ1v) is 6.43. The predicted octanol–water partition coefficient (Wildman–Crippen LogP) is 2.41. The van der Waals surface area contributed by atoms with Crippen LogP contribution < -0.4 is 5.32 Å². The van der Waals surface area contributed by atoms with E-state index in [1.54, 1.807) is 6.08 Å². The average molecular weight is 263 g/mol. The van der Waals surface area contributed by atoms with Gasteiger partial charge in [-0.05, 0) is 24.6 Å². The highest BCUT2D eigenvalue weighted by atomic mass is 16.6. The van der Waals surface area contributed by atoms with Crippen LogP contribution in [0.3, 0.4) is 0 Å². The van der Waals surface area contributed by atoms with Crippen molar-refractivity contribution in [3.8, 4) is 0 Å². The molecule has 0 aromatic heterocycles. The number of hydrogen-bond acceptors (Lipinski definition) is 4.